The molecule has 2 aliphatic heterocycles. The molecular weight excluding hydrogens is 272 g/mol. The van der Waals surface area contributed by atoms with Gasteiger partial charge in [0.2, 0.25) is 0 Å². The second kappa shape index (κ2) is 5.96. The summed E-state index contributed by atoms with van der Waals surface area (Å²) in [5, 5.41) is 0. The molecule has 1 aliphatic carbocycles. The predicted molar refractivity (Wildman–Crippen MR) is 89.8 cm³/mol. The fourth-order valence-corrected chi connectivity index (χ4v) is 4.51. The van der Waals surface area contributed by atoms with E-state index in [1.54, 1.807) is 0 Å². The molecule has 1 saturated carbocycles. The van der Waals surface area contributed by atoms with Crippen LogP contribution in [0.4, 0.5) is 5.69 Å². The summed E-state index contributed by atoms with van der Waals surface area (Å²) >= 11 is 0. The van der Waals surface area contributed by atoms with Gasteiger partial charge in [-0.05, 0) is 37.5 Å². The van der Waals surface area contributed by atoms with Crippen LogP contribution < -0.4 is 4.90 Å². The van der Waals surface area contributed by atoms with Crippen LogP contribution in [0.2, 0.25) is 0 Å². The number of para-hydroxylation sites is 1. The summed E-state index contributed by atoms with van der Waals surface area (Å²) in [4.78, 5) is 5.14. The number of benzene rings is 1. The molecule has 3 aliphatic rings. The average molecular weight is 298 g/mol. The summed E-state index contributed by atoms with van der Waals surface area (Å²) in [6.07, 6.45) is 10.6. The summed E-state index contributed by atoms with van der Waals surface area (Å²) in [5.41, 5.74) is 1.35. The lowest BCUT2D eigenvalue weighted by Crippen LogP contribution is -2.62. The molecule has 2 heterocycles. The Morgan fingerprint density at radius 2 is 1.82 bits per heavy atom. The molecule has 4 rings (SSSR count). The molecule has 3 heteroatoms. The minimum Gasteiger partial charge on any atom is -0.480 e. The second-order valence-electron chi connectivity index (χ2n) is 6.82. The molecule has 2 atom stereocenters. The smallest absolute Gasteiger partial charge is 0.165 e. The highest BCUT2D eigenvalue weighted by Crippen LogP contribution is 2.44. The number of allylic oxidation sites excluding steroid dienone is 1. The third-order valence-corrected chi connectivity index (χ3v) is 5.70. The highest BCUT2D eigenvalue weighted by molar-refractivity contribution is 5.46. The van der Waals surface area contributed by atoms with Crippen molar-refractivity contribution in [3.63, 3.8) is 0 Å². The number of piperazine rings is 1. The first-order valence-electron chi connectivity index (χ1n) is 8.76. The van der Waals surface area contributed by atoms with Gasteiger partial charge in [-0.1, -0.05) is 24.6 Å². The van der Waals surface area contributed by atoms with Crippen molar-refractivity contribution in [3.8, 4) is 0 Å². The zero-order valence-corrected chi connectivity index (χ0v) is 13.3. The Balaban J connectivity index is 1.47. The number of rotatable bonds is 2. The van der Waals surface area contributed by atoms with Crippen molar-refractivity contribution in [1.82, 2.24) is 4.90 Å². The fourth-order valence-electron chi connectivity index (χ4n) is 4.51. The lowest BCUT2D eigenvalue weighted by atomic mass is 9.77. The minimum absolute atomic E-state index is 0.00419. The van der Waals surface area contributed by atoms with E-state index in [9.17, 15) is 0 Å². The monoisotopic (exact) mass is 298 g/mol. The van der Waals surface area contributed by atoms with Crippen molar-refractivity contribution in [1.29, 1.82) is 0 Å². The Morgan fingerprint density at radius 1 is 1.00 bits per heavy atom. The zero-order chi connectivity index (χ0) is 14.8. The third kappa shape index (κ3) is 2.41. The van der Waals surface area contributed by atoms with Crippen LogP contribution in [0.25, 0.3) is 0 Å². The van der Waals surface area contributed by atoms with E-state index in [1.807, 2.05) is 6.26 Å². The third-order valence-electron chi connectivity index (χ3n) is 5.70. The molecule has 1 saturated heterocycles. The largest absolute Gasteiger partial charge is 0.480 e. The van der Waals surface area contributed by atoms with E-state index < -0.39 is 0 Å². The minimum atomic E-state index is -0.00419. The van der Waals surface area contributed by atoms with Gasteiger partial charge in [0.05, 0.1) is 6.26 Å². The number of ether oxygens (including phenoxy) is 1. The predicted octanol–water partition coefficient (Wildman–Crippen LogP) is 3.63. The summed E-state index contributed by atoms with van der Waals surface area (Å²) in [7, 11) is 0. The molecule has 0 N–H and O–H groups in total. The Labute approximate surface area is 133 Å². The van der Waals surface area contributed by atoms with Gasteiger partial charge in [0.1, 0.15) is 0 Å². The second-order valence-corrected chi connectivity index (χ2v) is 6.82. The molecule has 0 aromatic heterocycles. The Bertz CT molecular complexity index is 521. The Morgan fingerprint density at radius 3 is 2.64 bits per heavy atom. The molecule has 1 aromatic carbocycles. The summed E-state index contributed by atoms with van der Waals surface area (Å²) in [6.45, 7) is 4.43. The van der Waals surface area contributed by atoms with Crippen molar-refractivity contribution < 1.29 is 4.74 Å². The number of nitrogens with zero attached hydrogens (tertiary/aromatic N) is 2. The van der Waals surface area contributed by atoms with Crippen LogP contribution in [-0.4, -0.2) is 36.8 Å². The highest BCUT2D eigenvalue weighted by atomic mass is 16.5. The summed E-state index contributed by atoms with van der Waals surface area (Å²) < 4.78 is 6.28. The molecule has 0 bridgehead atoms. The van der Waals surface area contributed by atoms with Gasteiger partial charge in [-0.25, -0.2) is 0 Å². The first-order chi connectivity index (χ1) is 10.9. The van der Waals surface area contributed by atoms with Crippen LogP contribution in [0.5, 0.6) is 0 Å². The Kier molecular flexibility index (Phi) is 3.83. The molecule has 0 radical (unpaired) electrons. The SMILES string of the molecule is C1=CO[C@]2(N3CCN(c4ccccc4)CC3)CCCC[C@@H]2C1. The van der Waals surface area contributed by atoms with E-state index >= 15 is 0 Å². The van der Waals surface area contributed by atoms with E-state index in [1.165, 1.54) is 37.8 Å². The Hall–Kier alpha value is -1.48. The number of hydrogen-bond acceptors (Lipinski definition) is 3. The normalized spacial score (nSPS) is 32.4. The van der Waals surface area contributed by atoms with Crippen molar-refractivity contribution in [2.45, 2.75) is 37.8 Å². The lowest BCUT2D eigenvalue weighted by molar-refractivity contribution is -0.182. The first-order valence-corrected chi connectivity index (χ1v) is 8.76. The van der Waals surface area contributed by atoms with Crippen LogP contribution in [0.1, 0.15) is 32.1 Å². The molecule has 2 fully saturated rings. The van der Waals surface area contributed by atoms with Crippen LogP contribution in [0, 0.1) is 5.92 Å². The molecule has 0 unspecified atom stereocenters. The standard InChI is InChI=1S/C19H26N2O/c1-2-9-18(10-3-1)20-12-14-21(15-13-20)19-11-5-4-7-17(19)8-6-16-22-19/h1-3,6,9-10,16-17H,4-5,7-8,11-15H2/t17-,19-/m1/s1. The van der Waals surface area contributed by atoms with Gasteiger partial charge in [-0.15, -0.1) is 0 Å². The maximum absolute atomic E-state index is 6.28. The summed E-state index contributed by atoms with van der Waals surface area (Å²) in [6, 6.07) is 10.8. The van der Waals surface area contributed by atoms with Crippen molar-refractivity contribution in [2.75, 3.05) is 31.1 Å². The van der Waals surface area contributed by atoms with Gasteiger partial charge in [-0.2, -0.15) is 0 Å². The quantitative estimate of drug-likeness (QED) is 0.829. The van der Waals surface area contributed by atoms with E-state index in [0.717, 1.165) is 26.2 Å². The highest BCUT2D eigenvalue weighted by Gasteiger charge is 2.48. The molecule has 118 valence electrons. The molecule has 22 heavy (non-hydrogen) atoms. The van der Waals surface area contributed by atoms with E-state index in [0.29, 0.717) is 5.92 Å². The van der Waals surface area contributed by atoms with Gasteiger partial charge < -0.3 is 9.64 Å². The molecule has 1 aromatic rings. The maximum atomic E-state index is 6.28. The summed E-state index contributed by atoms with van der Waals surface area (Å²) in [5.74, 6) is 0.689. The van der Waals surface area contributed by atoms with Gasteiger partial charge >= 0.3 is 0 Å². The average Bonchev–Trinajstić information content (AvgIpc) is 2.62. The molecule has 3 nitrogen and oxygen atoms in total. The number of fused-ring (bicyclic) bond motifs is 1. The van der Waals surface area contributed by atoms with Gasteiger partial charge in [-0.3, -0.25) is 4.90 Å². The van der Waals surface area contributed by atoms with Crippen LogP contribution >= 0.6 is 0 Å². The van der Waals surface area contributed by atoms with E-state index in [2.05, 4.69) is 46.2 Å². The van der Waals surface area contributed by atoms with Gasteiger partial charge in [0, 0.05) is 44.2 Å². The number of anilines is 1. The van der Waals surface area contributed by atoms with E-state index in [-0.39, 0.29) is 5.72 Å². The zero-order valence-electron chi connectivity index (χ0n) is 13.3. The molecular formula is C19H26N2O. The van der Waals surface area contributed by atoms with Gasteiger partial charge in [0.15, 0.2) is 5.72 Å². The molecule has 0 amide bonds. The van der Waals surface area contributed by atoms with Crippen LogP contribution in [-0.2, 0) is 4.74 Å². The van der Waals surface area contributed by atoms with Crippen molar-refractivity contribution in [3.05, 3.63) is 42.7 Å². The van der Waals surface area contributed by atoms with Gasteiger partial charge in [0.25, 0.3) is 0 Å². The molecule has 0 spiro atoms. The topological polar surface area (TPSA) is 15.7 Å². The van der Waals surface area contributed by atoms with Crippen LogP contribution in [0.15, 0.2) is 42.7 Å². The van der Waals surface area contributed by atoms with Crippen molar-refractivity contribution >= 4 is 5.69 Å². The van der Waals surface area contributed by atoms with Crippen molar-refractivity contribution in [2.24, 2.45) is 5.92 Å². The van der Waals surface area contributed by atoms with Crippen LogP contribution in [0.3, 0.4) is 0 Å². The first kappa shape index (κ1) is 14.1. The van der Waals surface area contributed by atoms with E-state index in [4.69, 9.17) is 4.74 Å². The maximum Gasteiger partial charge on any atom is 0.165 e. The number of hydrogen-bond donors (Lipinski definition) is 0. The lowest BCUT2D eigenvalue weighted by Gasteiger charge is -2.53. The fraction of sp³-hybridized carbons (Fsp3) is 0.579.